The summed E-state index contributed by atoms with van der Waals surface area (Å²) >= 11 is 1.29. The molecule has 1 unspecified atom stereocenters. The van der Waals surface area contributed by atoms with Crippen molar-refractivity contribution in [2.75, 3.05) is 19.3 Å². The van der Waals surface area contributed by atoms with E-state index in [1.54, 1.807) is 0 Å². The zero-order valence-corrected chi connectivity index (χ0v) is 11.9. The maximum absolute atomic E-state index is 12.5. The minimum Gasteiger partial charge on any atom is -0.358 e. The number of carbonyl (C=O) groups is 2. The molecule has 0 radical (unpaired) electrons. The van der Waals surface area contributed by atoms with Crippen molar-refractivity contribution in [3.63, 3.8) is 0 Å². The maximum Gasteiger partial charge on any atom is 0.416 e. The van der Waals surface area contributed by atoms with Crippen LogP contribution in [-0.4, -0.2) is 36.1 Å². The van der Waals surface area contributed by atoms with Gasteiger partial charge >= 0.3 is 6.18 Å². The predicted molar refractivity (Wildman–Crippen MR) is 72.4 cm³/mol. The molecule has 1 aromatic carbocycles. The van der Waals surface area contributed by atoms with Crippen LogP contribution in [-0.2, 0) is 15.8 Å². The van der Waals surface area contributed by atoms with E-state index in [2.05, 4.69) is 5.32 Å². The van der Waals surface area contributed by atoms with Gasteiger partial charge in [0.25, 0.3) is 0 Å². The molecule has 1 fully saturated rings. The molecule has 0 spiro atoms. The molecule has 1 N–H and O–H groups in total. The van der Waals surface area contributed by atoms with Gasteiger partial charge in [-0.15, -0.1) is 11.8 Å². The Morgan fingerprint density at radius 3 is 2.52 bits per heavy atom. The van der Waals surface area contributed by atoms with Gasteiger partial charge in [0.05, 0.1) is 11.3 Å². The van der Waals surface area contributed by atoms with E-state index in [9.17, 15) is 22.8 Å². The Kier molecular flexibility index (Phi) is 4.46. The number of nitrogens with one attached hydrogen (secondary N) is 1. The van der Waals surface area contributed by atoms with Crippen LogP contribution in [0, 0.1) is 0 Å². The van der Waals surface area contributed by atoms with E-state index in [0.29, 0.717) is 5.56 Å². The van der Waals surface area contributed by atoms with E-state index >= 15 is 0 Å². The Hall–Kier alpha value is -1.70. The number of likely N-dealkylation sites (N-methyl/N-ethyl adjacent to an activating group) is 1. The number of hydrogen-bond acceptors (Lipinski definition) is 3. The first-order valence-electron chi connectivity index (χ1n) is 6.11. The molecule has 1 aliphatic rings. The van der Waals surface area contributed by atoms with Gasteiger partial charge in [-0.1, -0.05) is 12.1 Å². The van der Waals surface area contributed by atoms with Gasteiger partial charge in [-0.3, -0.25) is 9.59 Å². The number of amides is 2. The standard InChI is InChI=1S/C13H13F3N2O2S/c1-17-10(19)6-18-11(20)7-21-12(18)8-2-4-9(5-3-8)13(14,15)16/h2-5,12H,6-7H2,1H3,(H,17,19). The first-order chi connectivity index (χ1) is 9.82. The molecule has 8 heteroatoms. The second kappa shape index (κ2) is 5.97. The second-order valence-corrected chi connectivity index (χ2v) is 5.55. The molecule has 0 aliphatic carbocycles. The Labute approximate surface area is 123 Å². The molecule has 1 saturated heterocycles. The van der Waals surface area contributed by atoms with E-state index in [1.165, 1.54) is 35.8 Å². The van der Waals surface area contributed by atoms with Crippen LogP contribution < -0.4 is 5.32 Å². The minimum absolute atomic E-state index is 0.103. The fourth-order valence-electron chi connectivity index (χ4n) is 1.97. The first kappa shape index (κ1) is 15.7. The van der Waals surface area contributed by atoms with Crippen molar-refractivity contribution < 1.29 is 22.8 Å². The van der Waals surface area contributed by atoms with Gasteiger partial charge in [0.15, 0.2) is 0 Å². The van der Waals surface area contributed by atoms with Crippen LogP contribution in [0.5, 0.6) is 0 Å². The van der Waals surface area contributed by atoms with Crippen molar-refractivity contribution in [1.82, 2.24) is 10.2 Å². The molecule has 0 bridgehead atoms. The number of benzene rings is 1. The summed E-state index contributed by atoms with van der Waals surface area (Å²) in [6.07, 6.45) is -4.39. The van der Waals surface area contributed by atoms with Gasteiger partial charge in [0, 0.05) is 7.05 Å². The zero-order chi connectivity index (χ0) is 15.6. The number of rotatable bonds is 3. The molecule has 0 saturated carbocycles. The summed E-state index contributed by atoms with van der Waals surface area (Å²) in [5.74, 6) is -0.306. The van der Waals surface area contributed by atoms with Crippen molar-refractivity contribution in [2.45, 2.75) is 11.6 Å². The molecule has 21 heavy (non-hydrogen) atoms. The fourth-order valence-corrected chi connectivity index (χ4v) is 3.16. The third-order valence-electron chi connectivity index (χ3n) is 3.08. The van der Waals surface area contributed by atoms with Crippen LogP contribution in [0.3, 0.4) is 0 Å². The summed E-state index contributed by atoms with van der Waals surface area (Å²) in [6.45, 7) is -0.103. The number of alkyl halides is 3. The van der Waals surface area contributed by atoms with Crippen molar-refractivity contribution in [3.05, 3.63) is 35.4 Å². The zero-order valence-electron chi connectivity index (χ0n) is 11.1. The molecule has 1 aliphatic heterocycles. The molecule has 1 aromatic rings. The SMILES string of the molecule is CNC(=O)CN1C(=O)CSC1c1ccc(C(F)(F)F)cc1. The van der Waals surface area contributed by atoms with Gasteiger partial charge in [-0.2, -0.15) is 13.2 Å². The number of hydrogen-bond donors (Lipinski definition) is 1. The molecular formula is C13H13F3N2O2S. The molecular weight excluding hydrogens is 305 g/mol. The molecule has 114 valence electrons. The summed E-state index contributed by atoms with van der Waals surface area (Å²) in [5, 5.41) is 1.99. The largest absolute Gasteiger partial charge is 0.416 e. The van der Waals surface area contributed by atoms with Crippen LogP contribution in [0.25, 0.3) is 0 Å². The van der Waals surface area contributed by atoms with Gasteiger partial charge in [0.1, 0.15) is 11.9 Å². The highest BCUT2D eigenvalue weighted by molar-refractivity contribution is 8.00. The van der Waals surface area contributed by atoms with Crippen molar-refractivity contribution >= 4 is 23.6 Å². The fraction of sp³-hybridized carbons (Fsp3) is 0.385. The van der Waals surface area contributed by atoms with E-state index < -0.39 is 17.1 Å². The number of carbonyl (C=O) groups excluding carboxylic acids is 2. The lowest BCUT2D eigenvalue weighted by Gasteiger charge is -2.23. The van der Waals surface area contributed by atoms with Crippen molar-refractivity contribution in [1.29, 1.82) is 0 Å². The predicted octanol–water partition coefficient (Wildman–Crippen LogP) is 2.03. The quantitative estimate of drug-likeness (QED) is 0.928. The highest BCUT2D eigenvalue weighted by atomic mass is 32.2. The summed E-state index contributed by atoms with van der Waals surface area (Å²) in [7, 11) is 1.46. The smallest absolute Gasteiger partial charge is 0.358 e. The third-order valence-corrected chi connectivity index (χ3v) is 4.34. The lowest BCUT2D eigenvalue weighted by molar-refractivity contribution is -0.137. The Balaban J connectivity index is 2.20. The van der Waals surface area contributed by atoms with E-state index in [1.807, 2.05) is 0 Å². The minimum atomic E-state index is -4.39. The Bertz CT molecular complexity index is 545. The molecule has 0 aromatic heterocycles. The van der Waals surface area contributed by atoms with Crippen LogP contribution in [0.1, 0.15) is 16.5 Å². The lowest BCUT2D eigenvalue weighted by Crippen LogP contribution is -2.37. The van der Waals surface area contributed by atoms with Gasteiger partial charge in [-0.05, 0) is 17.7 Å². The normalized spacial score (nSPS) is 19.0. The van der Waals surface area contributed by atoms with E-state index in [4.69, 9.17) is 0 Å². The number of halogens is 3. The summed E-state index contributed by atoms with van der Waals surface area (Å²) in [5.41, 5.74) is -0.166. The summed E-state index contributed by atoms with van der Waals surface area (Å²) in [4.78, 5) is 24.6. The Morgan fingerprint density at radius 1 is 1.38 bits per heavy atom. The summed E-state index contributed by atoms with van der Waals surface area (Å²) in [6, 6.07) is 4.65. The van der Waals surface area contributed by atoms with Crippen LogP contribution in [0.2, 0.25) is 0 Å². The number of nitrogens with zero attached hydrogens (tertiary/aromatic N) is 1. The van der Waals surface area contributed by atoms with Crippen LogP contribution >= 0.6 is 11.8 Å². The number of thioether (sulfide) groups is 1. The highest BCUT2D eigenvalue weighted by Crippen LogP contribution is 2.39. The average molecular weight is 318 g/mol. The van der Waals surface area contributed by atoms with Gasteiger partial charge in [0.2, 0.25) is 11.8 Å². The lowest BCUT2D eigenvalue weighted by atomic mass is 10.1. The van der Waals surface area contributed by atoms with Gasteiger partial charge in [-0.25, -0.2) is 0 Å². The van der Waals surface area contributed by atoms with Crippen molar-refractivity contribution in [2.24, 2.45) is 0 Å². The Morgan fingerprint density at radius 2 is 2.00 bits per heavy atom. The highest BCUT2D eigenvalue weighted by Gasteiger charge is 2.35. The third kappa shape index (κ3) is 3.49. The van der Waals surface area contributed by atoms with E-state index in [0.717, 1.165) is 12.1 Å². The molecule has 2 amide bonds. The van der Waals surface area contributed by atoms with Crippen molar-refractivity contribution in [3.8, 4) is 0 Å². The van der Waals surface area contributed by atoms with Crippen LogP contribution in [0.15, 0.2) is 24.3 Å². The monoisotopic (exact) mass is 318 g/mol. The molecule has 1 atom stereocenters. The van der Waals surface area contributed by atoms with Gasteiger partial charge < -0.3 is 10.2 Å². The molecule has 1 heterocycles. The van der Waals surface area contributed by atoms with Crippen LogP contribution in [0.4, 0.5) is 13.2 Å². The topological polar surface area (TPSA) is 49.4 Å². The molecule has 2 rings (SSSR count). The van der Waals surface area contributed by atoms with E-state index in [-0.39, 0.29) is 24.1 Å². The average Bonchev–Trinajstić information content (AvgIpc) is 2.79. The second-order valence-electron chi connectivity index (χ2n) is 4.48. The summed E-state index contributed by atoms with van der Waals surface area (Å²) < 4.78 is 37.6. The molecule has 4 nitrogen and oxygen atoms in total. The maximum atomic E-state index is 12.5. The first-order valence-corrected chi connectivity index (χ1v) is 7.16.